The Balaban J connectivity index is 1.68. The van der Waals surface area contributed by atoms with Gasteiger partial charge in [0.25, 0.3) is 5.91 Å². The number of dihydropyridines is 1. The van der Waals surface area contributed by atoms with Gasteiger partial charge in [0.1, 0.15) is 5.84 Å². The Bertz CT molecular complexity index is 550. The van der Waals surface area contributed by atoms with Crippen LogP contribution < -0.4 is 0 Å². The highest BCUT2D eigenvalue weighted by molar-refractivity contribution is 6.19. The molecule has 2 aliphatic heterocycles. The van der Waals surface area contributed by atoms with Crippen LogP contribution >= 0.6 is 0 Å². The number of amides is 1. The highest BCUT2D eigenvalue weighted by Crippen LogP contribution is 2.40. The predicted octanol–water partition coefficient (Wildman–Crippen LogP) is 3.29. The van der Waals surface area contributed by atoms with E-state index >= 15 is 0 Å². The monoisotopic (exact) mass is 285 g/mol. The SMILES string of the molecule is CC1=CC(=O)N=C2C1C(C1CCC1)=NN2C1CCCCC1. The summed E-state index contributed by atoms with van der Waals surface area (Å²) in [7, 11) is 0. The fourth-order valence-electron chi connectivity index (χ4n) is 4.09. The zero-order valence-electron chi connectivity index (χ0n) is 12.7. The van der Waals surface area contributed by atoms with Crippen LogP contribution in [0.2, 0.25) is 0 Å². The smallest absolute Gasteiger partial charge is 0.267 e. The Hall–Kier alpha value is -1.45. The molecule has 2 fully saturated rings. The largest absolute Gasteiger partial charge is 0.271 e. The highest BCUT2D eigenvalue weighted by Gasteiger charge is 2.44. The molecule has 0 aromatic heterocycles. The molecule has 0 saturated heterocycles. The van der Waals surface area contributed by atoms with Crippen molar-refractivity contribution in [2.24, 2.45) is 21.9 Å². The predicted molar refractivity (Wildman–Crippen MR) is 83.2 cm³/mol. The molecule has 0 N–H and O–H groups in total. The number of carbonyl (C=O) groups excluding carboxylic acids is 1. The zero-order chi connectivity index (χ0) is 14.4. The van der Waals surface area contributed by atoms with E-state index in [4.69, 9.17) is 5.10 Å². The lowest BCUT2D eigenvalue weighted by Crippen LogP contribution is -2.40. The third kappa shape index (κ3) is 2.16. The summed E-state index contributed by atoms with van der Waals surface area (Å²) in [5.41, 5.74) is 2.42. The minimum absolute atomic E-state index is 0.107. The van der Waals surface area contributed by atoms with Gasteiger partial charge in [0.15, 0.2) is 0 Å². The van der Waals surface area contributed by atoms with Crippen LogP contribution in [-0.4, -0.2) is 28.5 Å². The lowest BCUT2D eigenvalue weighted by molar-refractivity contribution is -0.113. The van der Waals surface area contributed by atoms with E-state index in [-0.39, 0.29) is 11.8 Å². The lowest BCUT2D eigenvalue weighted by atomic mass is 9.75. The second kappa shape index (κ2) is 5.08. The normalized spacial score (nSPS) is 30.5. The third-order valence-electron chi connectivity index (χ3n) is 5.49. The van der Waals surface area contributed by atoms with Gasteiger partial charge in [-0.1, -0.05) is 31.3 Å². The first-order chi connectivity index (χ1) is 10.2. The standard InChI is InChI=1S/C17H23N3O/c1-11-10-14(21)18-17-15(11)16(12-6-5-7-12)19-20(17)13-8-3-2-4-9-13/h10,12-13,15H,2-9H2,1H3. The van der Waals surface area contributed by atoms with E-state index in [1.54, 1.807) is 6.08 Å². The van der Waals surface area contributed by atoms with Crippen molar-refractivity contribution in [3.63, 3.8) is 0 Å². The summed E-state index contributed by atoms with van der Waals surface area (Å²) in [5.74, 6) is 1.62. The van der Waals surface area contributed by atoms with Gasteiger partial charge in [-0.15, -0.1) is 0 Å². The Labute approximate surface area is 126 Å². The molecule has 1 amide bonds. The number of rotatable bonds is 2. The van der Waals surface area contributed by atoms with E-state index in [0.29, 0.717) is 12.0 Å². The van der Waals surface area contributed by atoms with Gasteiger partial charge in [-0.2, -0.15) is 10.1 Å². The summed E-state index contributed by atoms with van der Waals surface area (Å²) in [4.78, 5) is 16.2. The second-order valence-electron chi connectivity index (χ2n) is 6.92. The van der Waals surface area contributed by atoms with E-state index in [2.05, 4.69) is 16.9 Å². The average molecular weight is 285 g/mol. The first kappa shape index (κ1) is 13.2. The van der Waals surface area contributed by atoms with Gasteiger partial charge in [0.2, 0.25) is 0 Å². The lowest BCUT2D eigenvalue weighted by Gasteiger charge is -2.31. The van der Waals surface area contributed by atoms with E-state index in [0.717, 1.165) is 11.4 Å². The second-order valence-corrected chi connectivity index (χ2v) is 6.92. The van der Waals surface area contributed by atoms with E-state index < -0.39 is 0 Å². The van der Waals surface area contributed by atoms with Gasteiger partial charge >= 0.3 is 0 Å². The van der Waals surface area contributed by atoms with Gasteiger partial charge in [-0.25, -0.2) is 5.01 Å². The molecule has 112 valence electrons. The molecule has 4 aliphatic rings. The summed E-state index contributed by atoms with van der Waals surface area (Å²) < 4.78 is 0. The summed E-state index contributed by atoms with van der Waals surface area (Å²) >= 11 is 0. The molecule has 2 saturated carbocycles. The van der Waals surface area contributed by atoms with Crippen LogP contribution in [0.4, 0.5) is 0 Å². The Morgan fingerprint density at radius 1 is 1.10 bits per heavy atom. The number of carbonyl (C=O) groups is 1. The summed E-state index contributed by atoms with van der Waals surface area (Å²) in [5, 5.41) is 7.12. The maximum atomic E-state index is 11.9. The van der Waals surface area contributed by atoms with Crippen molar-refractivity contribution in [1.29, 1.82) is 0 Å². The van der Waals surface area contributed by atoms with Crippen LogP contribution in [0.25, 0.3) is 0 Å². The number of amidine groups is 1. The van der Waals surface area contributed by atoms with Crippen molar-refractivity contribution in [1.82, 2.24) is 5.01 Å². The molecule has 4 rings (SSSR count). The Kier molecular flexibility index (Phi) is 3.20. The summed E-state index contributed by atoms with van der Waals surface area (Å²) in [6.45, 7) is 2.07. The van der Waals surface area contributed by atoms with E-state index in [9.17, 15) is 4.79 Å². The number of hydrogen-bond acceptors (Lipinski definition) is 3. The zero-order valence-corrected chi connectivity index (χ0v) is 12.7. The molecule has 2 aliphatic carbocycles. The molecule has 2 heterocycles. The number of hydrogen-bond donors (Lipinski definition) is 0. The minimum Gasteiger partial charge on any atom is -0.267 e. The molecule has 1 atom stereocenters. The first-order valence-corrected chi connectivity index (χ1v) is 8.42. The molecule has 0 aromatic carbocycles. The third-order valence-corrected chi connectivity index (χ3v) is 5.49. The van der Waals surface area contributed by atoms with Crippen molar-refractivity contribution >= 4 is 17.5 Å². The van der Waals surface area contributed by atoms with Gasteiger partial charge in [0.05, 0.1) is 17.7 Å². The summed E-state index contributed by atoms with van der Waals surface area (Å²) in [6, 6.07) is 0.455. The maximum absolute atomic E-state index is 11.9. The van der Waals surface area contributed by atoms with Crippen molar-refractivity contribution in [3.8, 4) is 0 Å². The summed E-state index contributed by atoms with van der Waals surface area (Å²) in [6.07, 6.45) is 11.8. The van der Waals surface area contributed by atoms with Crippen molar-refractivity contribution in [3.05, 3.63) is 11.6 Å². The molecular weight excluding hydrogens is 262 g/mol. The van der Waals surface area contributed by atoms with Crippen LogP contribution in [-0.2, 0) is 4.79 Å². The molecule has 0 bridgehead atoms. The van der Waals surface area contributed by atoms with Gasteiger partial charge in [-0.05, 0) is 32.6 Å². The highest BCUT2D eigenvalue weighted by atomic mass is 16.1. The molecule has 0 aromatic rings. The van der Waals surface area contributed by atoms with Gasteiger partial charge in [0, 0.05) is 12.0 Å². The van der Waals surface area contributed by atoms with Crippen molar-refractivity contribution in [2.75, 3.05) is 0 Å². The van der Waals surface area contributed by atoms with Crippen molar-refractivity contribution in [2.45, 2.75) is 64.3 Å². The molecule has 0 spiro atoms. The number of nitrogens with zero attached hydrogens (tertiary/aromatic N) is 3. The minimum atomic E-state index is -0.107. The fourth-order valence-corrected chi connectivity index (χ4v) is 4.09. The number of hydrazone groups is 1. The van der Waals surface area contributed by atoms with E-state index in [1.807, 2.05) is 0 Å². The van der Waals surface area contributed by atoms with Crippen molar-refractivity contribution < 1.29 is 4.79 Å². The molecular formula is C17H23N3O. The Morgan fingerprint density at radius 2 is 1.86 bits per heavy atom. The van der Waals surface area contributed by atoms with Crippen LogP contribution in [0.3, 0.4) is 0 Å². The maximum Gasteiger partial charge on any atom is 0.271 e. The quantitative estimate of drug-likeness (QED) is 0.781. The number of aliphatic imine (C=N–C) groups is 1. The molecule has 1 unspecified atom stereocenters. The van der Waals surface area contributed by atoms with Crippen LogP contribution in [0.15, 0.2) is 21.7 Å². The van der Waals surface area contributed by atoms with Crippen LogP contribution in [0.5, 0.6) is 0 Å². The molecule has 21 heavy (non-hydrogen) atoms. The fraction of sp³-hybridized carbons (Fsp3) is 0.706. The topological polar surface area (TPSA) is 45.0 Å². The Morgan fingerprint density at radius 3 is 2.52 bits per heavy atom. The molecule has 0 radical (unpaired) electrons. The number of fused-ring (bicyclic) bond motifs is 1. The molecule has 4 nitrogen and oxygen atoms in total. The van der Waals surface area contributed by atoms with Gasteiger partial charge in [-0.3, -0.25) is 4.79 Å². The molecule has 4 heteroatoms. The van der Waals surface area contributed by atoms with Gasteiger partial charge < -0.3 is 0 Å². The average Bonchev–Trinajstić information content (AvgIpc) is 2.77. The van der Waals surface area contributed by atoms with Crippen LogP contribution in [0, 0.1) is 11.8 Å². The van der Waals surface area contributed by atoms with E-state index in [1.165, 1.54) is 57.1 Å². The van der Waals surface area contributed by atoms with Crippen LogP contribution in [0.1, 0.15) is 58.3 Å². The first-order valence-electron chi connectivity index (χ1n) is 8.42.